The van der Waals surface area contributed by atoms with Crippen LogP contribution in [0.5, 0.6) is 0 Å². The summed E-state index contributed by atoms with van der Waals surface area (Å²) >= 11 is 0. The van der Waals surface area contributed by atoms with Crippen molar-refractivity contribution in [3.8, 4) is 0 Å². The van der Waals surface area contributed by atoms with Gasteiger partial charge in [0.15, 0.2) is 0 Å². The van der Waals surface area contributed by atoms with Crippen LogP contribution in [0.3, 0.4) is 0 Å². The number of amides is 3. The first-order valence-electron chi connectivity index (χ1n) is 15.0. The van der Waals surface area contributed by atoms with Crippen molar-refractivity contribution in [1.29, 1.82) is 0 Å². The molecule has 0 saturated heterocycles. The molecule has 0 saturated carbocycles. The lowest BCUT2D eigenvalue weighted by Crippen LogP contribution is -2.57. The maximum Gasteiger partial charge on any atom is 0.326 e. The molecule has 0 spiro atoms. The second-order valence-electron chi connectivity index (χ2n) is 10.7. The van der Waals surface area contributed by atoms with E-state index in [9.17, 15) is 24.3 Å². The first-order valence-corrected chi connectivity index (χ1v) is 15.0. The highest BCUT2D eigenvalue weighted by Gasteiger charge is 2.30. The number of benzene rings is 1. The van der Waals surface area contributed by atoms with Crippen molar-refractivity contribution >= 4 is 34.6 Å². The molecule has 42 heavy (non-hydrogen) atoms. The Hall–Kier alpha value is -3.52. The molecule has 0 aliphatic heterocycles. The molecule has 2 rings (SSSR count). The molecule has 1 aromatic carbocycles. The number of aromatic amines is 1. The largest absolute Gasteiger partial charge is 0.480 e. The SMILES string of the molecule is N[C@@H](CCCC[NH3+])C(=O)N[C@@H](Cc1c[nH]c2ccccc12)C(=O)N[C@@H](CCCC[NH3+])C(=O)N[C@@H](CCCC[NH3+])C(=O)O. The summed E-state index contributed by atoms with van der Waals surface area (Å²) in [7, 11) is 0. The van der Waals surface area contributed by atoms with Gasteiger partial charge in [-0.3, -0.25) is 14.4 Å². The third kappa shape index (κ3) is 11.4. The summed E-state index contributed by atoms with van der Waals surface area (Å²) in [6.07, 6.45) is 7.28. The molecule has 0 fully saturated rings. The van der Waals surface area contributed by atoms with Gasteiger partial charge in [-0.2, -0.15) is 0 Å². The van der Waals surface area contributed by atoms with E-state index in [0.29, 0.717) is 38.8 Å². The number of nitrogens with one attached hydrogen (secondary N) is 4. The van der Waals surface area contributed by atoms with Gasteiger partial charge in [0.2, 0.25) is 17.7 Å². The Morgan fingerprint density at radius 1 is 0.738 bits per heavy atom. The third-order valence-electron chi connectivity index (χ3n) is 7.32. The number of carbonyl (C=O) groups is 4. The Bertz CT molecular complexity index is 1140. The van der Waals surface area contributed by atoms with Crippen molar-refractivity contribution in [2.45, 2.75) is 88.4 Å². The maximum absolute atomic E-state index is 13.7. The highest BCUT2D eigenvalue weighted by Crippen LogP contribution is 2.19. The molecule has 1 heterocycles. The number of H-pyrrole nitrogens is 1. The number of hydrogen-bond donors (Lipinski definition) is 9. The van der Waals surface area contributed by atoms with Gasteiger partial charge in [-0.15, -0.1) is 0 Å². The lowest BCUT2D eigenvalue weighted by molar-refractivity contribution is -0.369. The van der Waals surface area contributed by atoms with Crippen molar-refractivity contribution in [2.24, 2.45) is 5.73 Å². The predicted molar refractivity (Wildman–Crippen MR) is 158 cm³/mol. The Balaban J connectivity index is 2.25. The minimum atomic E-state index is -1.13. The van der Waals surface area contributed by atoms with Crippen LogP contribution in [0.2, 0.25) is 0 Å². The fourth-order valence-electron chi connectivity index (χ4n) is 4.80. The molecule has 3 amide bonds. The fourth-order valence-corrected chi connectivity index (χ4v) is 4.80. The van der Waals surface area contributed by atoms with E-state index < -0.39 is 47.9 Å². The topological polar surface area (TPSA) is 249 Å². The number of fused-ring (bicyclic) bond motifs is 1. The van der Waals surface area contributed by atoms with Gasteiger partial charge in [-0.05, 0) is 69.4 Å². The summed E-state index contributed by atoms with van der Waals surface area (Å²) in [5.41, 5.74) is 19.3. The molecule has 0 radical (unpaired) electrons. The summed E-state index contributed by atoms with van der Waals surface area (Å²) in [6.45, 7) is 2.08. The quantitative estimate of drug-likeness (QED) is 0.0729. The molecule has 0 aliphatic rings. The third-order valence-corrected chi connectivity index (χ3v) is 7.32. The Morgan fingerprint density at radius 2 is 1.26 bits per heavy atom. The minimum Gasteiger partial charge on any atom is -0.480 e. The Morgan fingerprint density at radius 3 is 1.88 bits per heavy atom. The minimum absolute atomic E-state index is 0.170. The molecular weight excluding hydrogens is 540 g/mol. The molecule has 13 nitrogen and oxygen atoms in total. The number of nitrogens with two attached hydrogens (primary N) is 1. The molecular formula is C29H51N8O5+3. The predicted octanol–water partition coefficient (Wildman–Crippen LogP) is -2.19. The van der Waals surface area contributed by atoms with Crippen LogP contribution in [0, 0.1) is 0 Å². The number of aromatic nitrogens is 1. The van der Waals surface area contributed by atoms with Crippen molar-refractivity contribution in [3.63, 3.8) is 0 Å². The zero-order valence-corrected chi connectivity index (χ0v) is 24.7. The average molecular weight is 592 g/mol. The van der Waals surface area contributed by atoms with E-state index in [4.69, 9.17) is 5.73 Å². The number of carbonyl (C=O) groups excluding carboxylic acids is 3. The van der Waals surface area contributed by atoms with Crippen LogP contribution < -0.4 is 38.9 Å². The van der Waals surface area contributed by atoms with Crippen LogP contribution in [0.25, 0.3) is 10.9 Å². The van der Waals surface area contributed by atoms with Crippen LogP contribution in [0.4, 0.5) is 0 Å². The van der Waals surface area contributed by atoms with Gasteiger partial charge in [-0.1, -0.05) is 18.2 Å². The number of carboxylic acid groups (broad SMARTS) is 1. The number of aliphatic carboxylic acids is 1. The number of quaternary nitrogens is 3. The van der Waals surface area contributed by atoms with Crippen LogP contribution in [0.15, 0.2) is 30.5 Å². The summed E-state index contributed by atoms with van der Waals surface area (Å²) in [6, 6.07) is 3.79. The molecule has 1 aromatic heterocycles. The molecule has 0 bridgehead atoms. The highest BCUT2D eigenvalue weighted by atomic mass is 16.4. The summed E-state index contributed by atoms with van der Waals surface area (Å²) < 4.78 is 0. The van der Waals surface area contributed by atoms with Gasteiger partial charge in [-0.25, -0.2) is 4.79 Å². The molecule has 16 N–H and O–H groups in total. The number of hydrogen-bond acceptors (Lipinski definition) is 5. The van der Waals surface area contributed by atoms with Crippen LogP contribution in [-0.2, 0) is 25.6 Å². The van der Waals surface area contributed by atoms with Crippen molar-refractivity contribution in [2.75, 3.05) is 19.6 Å². The standard InChI is InChI=1S/C29H48N8O5/c30-14-6-3-10-21(33)26(38)37-25(17-19-18-34-22-11-2-1-9-20(19)22)28(40)35-23(12-4-7-15-31)27(39)36-24(29(41)42)13-5-8-16-32/h1-2,9,11,18,21,23-25,34H,3-8,10,12-17,30-33H2,(H,35,40)(H,36,39)(H,37,38)(H,41,42)/p+3/t21-,23-,24-,25-/m0/s1. The summed E-state index contributed by atoms with van der Waals surface area (Å²) in [4.78, 5) is 55.0. The lowest BCUT2D eigenvalue weighted by Gasteiger charge is -2.25. The van der Waals surface area contributed by atoms with E-state index in [1.54, 1.807) is 6.20 Å². The zero-order valence-electron chi connectivity index (χ0n) is 24.7. The molecule has 0 aliphatic carbocycles. The van der Waals surface area contributed by atoms with Crippen molar-refractivity contribution < 1.29 is 41.5 Å². The number of para-hydroxylation sites is 1. The zero-order chi connectivity index (χ0) is 30.9. The normalized spacial score (nSPS) is 14.1. The monoisotopic (exact) mass is 591 g/mol. The smallest absolute Gasteiger partial charge is 0.326 e. The molecule has 13 heteroatoms. The first-order chi connectivity index (χ1) is 20.2. The Labute approximate surface area is 246 Å². The van der Waals surface area contributed by atoms with Crippen molar-refractivity contribution in [3.05, 3.63) is 36.0 Å². The summed E-state index contributed by atoms with van der Waals surface area (Å²) in [5, 5.41) is 18.8. The van der Waals surface area contributed by atoms with E-state index in [0.717, 1.165) is 48.7 Å². The van der Waals surface area contributed by atoms with E-state index in [-0.39, 0.29) is 12.8 Å². The van der Waals surface area contributed by atoms with Gasteiger partial charge >= 0.3 is 5.97 Å². The van der Waals surface area contributed by atoms with E-state index in [1.165, 1.54) is 0 Å². The van der Waals surface area contributed by atoms with Gasteiger partial charge in [0.1, 0.15) is 18.1 Å². The number of carboxylic acids is 1. The molecule has 234 valence electrons. The number of unbranched alkanes of at least 4 members (excludes halogenated alkanes) is 3. The van der Waals surface area contributed by atoms with E-state index in [2.05, 4.69) is 38.1 Å². The average Bonchev–Trinajstić information content (AvgIpc) is 3.38. The summed E-state index contributed by atoms with van der Waals surface area (Å²) in [5.74, 6) is -2.70. The van der Waals surface area contributed by atoms with Crippen LogP contribution >= 0.6 is 0 Å². The van der Waals surface area contributed by atoms with E-state index >= 15 is 0 Å². The van der Waals surface area contributed by atoms with E-state index in [1.807, 2.05) is 24.3 Å². The van der Waals surface area contributed by atoms with Crippen LogP contribution in [-0.4, -0.2) is 77.6 Å². The molecule has 2 aromatic rings. The second-order valence-corrected chi connectivity index (χ2v) is 10.7. The lowest BCUT2D eigenvalue weighted by atomic mass is 10.0. The molecule has 0 unspecified atom stereocenters. The highest BCUT2D eigenvalue weighted by molar-refractivity contribution is 5.94. The van der Waals surface area contributed by atoms with Gasteiger partial charge < -0.3 is 49.0 Å². The molecule has 4 atom stereocenters. The van der Waals surface area contributed by atoms with Crippen LogP contribution in [0.1, 0.15) is 63.4 Å². The van der Waals surface area contributed by atoms with Gasteiger partial charge in [0.05, 0.1) is 25.7 Å². The van der Waals surface area contributed by atoms with Crippen molar-refractivity contribution in [1.82, 2.24) is 20.9 Å². The first kappa shape index (κ1) is 34.7. The van der Waals surface area contributed by atoms with Gasteiger partial charge in [0, 0.05) is 23.5 Å². The Kier molecular flexibility index (Phi) is 15.5. The number of rotatable bonds is 21. The van der Waals surface area contributed by atoms with Gasteiger partial charge in [0.25, 0.3) is 0 Å². The maximum atomic E-state index is 13.7. The fraction of sp³-hybridized carbons (Fsp3) is 0.586. The second kappa shape index (κ2) is 18.8.